The summed E-state index contributed by atoms with van der Waals surface area (Å²) in [6.07, 6.45) is 0.911. The predicted octanol–water partition coefficient (Wildman–Crippen LogP) is 0.785. The van der Waals surface area contributed by atoms with Gasteiger partial charge in [-0.25, -0.2) is 4.79 Å². The zero-order chi connectivity index (χ0) is 11.7. The van der Waals surface area contributed by atoms with Gasteiger partial charge in [0, 0.05) is 18.6 Å². The number of rotatable bonds is 1. The fourth-order valence-electron chi connectivity index (χ4n) is 1.94. The Morgan fingerprint density at radius 1 is 1.33 bits per heavy atom. The number of esters is 1. The Labute approximate surface area is 91.2 Å². The highest BCUT2D eigenvalue weighted by atomic mass is 16.5. The lowest BCUT2D eigenvalue weighted by atomic mass is 9.89. The highest BCUT2D eigenvalue weighted by Crippen LogP contribution is 2.27. The first-order valence-electron chi connectivity index (χ1n) is 5.35. The fraction of sp³-hybridized carbons (Fsp3) is 0.909. The van der Waals surface area contributed by atoms with E-state index < -0.39 is 11.6 Å². The van der Waals surface area contributed by atoms with Crippen molar-refractivity contribution >= 4 is 5.97 Å². The predicted molar refractivity (Wildman–Crippen MR) is 57.5 cm³/mol. The third-order valence-corrected chi connectivity index (χ3v) is 3.10. The molecule has 1 fully saturated rings. The smallest absolute Gasteiger partial charge is 0.337 e. The molecule has 1 aliphatic heterocycles. The number of ether oxygens (including phenoxy) is 1. The molecule has 0 bridgehead atoms. The standard InChI is InChI=1S/C11H21NO3/c1-10(2,3)12-7-5-11(14,6-8-12)9(13)15-4/h14H,5-8H2,1-4H3. The van der Waals surface area contributed by atoms with Crippen LogP contribution in [0.1, 0.15) is 33.6 Å². The first-order chi connectivity index (χ1) is 6.79. The monoisotopic (exact) mass is 215 g/mol. The molecule has 1 saturated heterocycles. The molecule has 0 saturated carbocycles. The van der Waals surface area contributed by atoms with E-state index in [1.54, 1.807) is 0 Å². The Morgan fingerprint density at radius 3 is 2.13 bits per heavy atom. The molecule has 0 radical (unpaired) electrons. The molecule has 0 amide bonds. The second-order valence-electron chi connectivity index (χ2n) is 5.18. The zero-order valence-electron chi connectivity index (χ0n) is 10.0. The summed E-state index contributed by atoms with van der Waals surface area (Å²) in [5, 5.41) is 10.0. The highest BCUT2D eigenvalue weighted by Gasteiger charge is 2.42. The highest BCUT2D eigenvalue weighted by molar-refractivity contribution is 5.79. The van der Waals surface area contributed by atoms with Crippen molar-refractivity contribution in [3.05, 3.63) is 0 Å². The minimum atomic E-state index is -1.27. The lowest BCUT2D eigenvalue weighted by Crippen LogP contribution is -2.54. The van der Waals surface area contributed by atoms with Crippen LogP contribution in [0.3, 0.4) is 0 Å². The molecule has 0 aliphatic carbocycles. The molecule has 1 N–H and O–H groups in total. The summed E-state index contributed by atoms with van der Waals surface area (Å²) in [5.41, 5.74) is -1.17. The van der Waals surface area contributed by atoms with E-state index in [1.807, 2.05) is 0 Å². The second-order valence-corrected chi connectivity index (χ2v) is 5.18. The SMILES string of the molecule is COC(=O)C1(O)CCN(C(C)(C)C)CC1. The average molecular weight is 215 g/mol. The van der Waals surface area contributed by atoms with Crippen LogP contribution in [-0.4, -0.2) is 47.3 Å². The largest absolute Gasteiger partial charge is 0.467 e. The topological polar surface area (TPSA) is 49.8 Å². The van der Waals surface area contributed by atoms with Gasteiger partial charge < -0.3 is 9.84 Å². The van der Waals surface area contributed by atoms with Gasteiger partial charge >= 0.3 is 5.97 Å². The first-order valence-corrected chi connectivity index (χ1v) is 5.35. The van der Waals surface area contributed by atoms with Crippen LogP contribution in [0.15, 0.2) is 0 Å². The lowest BCUT2D eigenvalue weighted by Gasteiger charge is -2.42. The quantitative estimate of drug-likeness (QED) is 0.657. The van der Waals surface area contributed by atoms with Crippen molar-refractivity contribution in [2.75, 3.05) is 20.2 Å². The Kier molecular flexibility index (Phi) is 3.41. The van der Waals surface area contributed by atoms with Crippen LogP contribution in [0.25, 0.3) is 0 Å². The van der Waals surface area contributed by atoms with Gasteiger partial charge in [0.1, 0.15) is 0 Å². The maximum absolute atomic E-state index is 11.4. The number of aliphatic hydroxyl groups is 1. The van der Waals surface area contributed by atoms with Crippen molar-refractivity contribution in [2.45, 2.75) is 44.8 Å². The first kappa shape index (κ1) is 12.5. The Hall–Kier alpha value is -0.610. The molecule has 1 heterocycles. The van der Waals surface area contributed by atoms with E-state index in [2.05, 4.69) is 30.4 Å². The Bertz CT molecular complexity index is 237. The normalized spacial score (nSPS) is 22.5. The maximum atomic E-state index is 11.4. The van der Waals surface area contributed by atoms with Gasteiger partial charge in [-0.15, -0.1) is 0 Å². The van der Waals surface area contributed by atoms with Crippen molar-refractivity contribution in [1.82, 2.24) is 4.90 Å². The molecule has 0 aromatic carbocycles. The molecule has 4 nitrogen and oxygen atoms in total. The minimum absolute atomic E-state index is 0.0947. The average Bonchev–Trinajstić information content (AvgIpc) is 2.15. The van der Waals surface area contributed by atoms with E-state index >= 15 is 0 Å². The summed E-state index contributed by atoms with van der Waals surface area (Å²) >= 11 is 0. The van der Waals surface area contributed by atoms with Gasteiger partial charge in [0.15, 0.2) is 5.60 Å². The number of hydrogen-bond acceptors (Lipinski definition) is 4. The van der Waals surface area contributed by atoms with Crippen molar-refractivity contribution in [2.24, 2.45) is 0 Å². The van der Waals surface area contributed by atoms with Crippen LogP contribution in [0.2, 0.25) is 0 Å². The van der Waals surface area contributed by atoms with Gasteiger partial charge in [-0.3, -0.25) is 4.90 Å². The molecular weight excluding hydrogens is 194 g/mol. The molecule has 0 atom stereocenters. The van der Waals surface area contributed by atoms with Crippen LogP contribution >= 0.6 is 0 Å². The molecule has 1 rings (SSSR count). The summed E-state index contributed by atoms with van der Waals surface area (Å²) in [6, 6.07) is 0. The van der Waals surface area contributed by atoms with Crippen LogP contribution in [0.4, 0.5) is 0 Å². The summed E-state index contributed by atoms with van der Waals surface area (Å²) in [6.45, 7) is 7.87. The van der Waals surface area contributed by atoms with E-state index in [1.165, 1.54) is 7.11 Å². The molecule has 88 valence electrons. The number of hydrogen-bond donors (Lipinski definition) is 1. The van der Waals surface area contributed by atoms with Crippen LogP contribution < -0.4 is 0 Å². The van der Waals surface area contributed by atoms with E-state index in [0.717, 1.165) is 13.1 Å². The molecular formula is C11H21NO3. The third-order valence-electron chi connectivity index (χ3n) is 3.10. The Balaban J connectivity index is 2.59. The molecule has 0 unspecified atom stereocenters. The maximum Gasteiger partial charge on any atom is 0.337 e. The number of nitrogens with zero attached hydrogens (tertiary/aromatic N) is 1. The van der Waals surface area contributed by atoms with Crippen molar-refractivity contribution in [3.63, 3.8) is 0 Å². The van der Waals surface area contributed by atoms with E-state index in [9.17, 15) is 9.90 Å². The molecule has 0 spiro atoms. The number of carbonyl (C=O) groups excluding carboxylic acids is 1. The third kappa shape index (κ3) is 2.69. The Morgan fingerprint density at radius 2 is 1.80 bits per heavy atom. The molecule has 0 aromatic rings. The van der Waals surface area contributed by atoms with Gasteiger partial charge in [-0.1, -0.05) is 0 Å². The van der Waals surface area contributed by atoms with Crippen molar-refractivity contribution in [3.8, 4) is 0 Å². The molecule has 15 heavy (non-hydrogen) atoms. The summed E-state index contributed by atoms with van der Waals surface area (Å²) in [7, 11) is 1.32. The van der Waals surface area contributed by atoms with Gasteiger partial charge in [-0.2, -0.15) is 0 Å². The second kappa shape index (κ2) is 4.10. The number of carbonyl (C=O) groups is 1. The molecule has 4 heteroatoms. The molecule has 1 aliphatic rings. The van der Waals surface area contributed by atoms with Gasteiger partial charge in [0.05, 0.1) is 7.11 Å². The van der Waals surface area contributed by atoms with Crippen molar-refractivity contribution in [1.29, 1.82) is 0 Å². The van der Waals surface area contributed by atoms with E-state index in [-0.39, 0.29) is 5.54 Å². The minimum Gasteiger partial charge on any atom is -0.467 e. The summed E-state index contributed by atoms with van der Waals surface area (Å²) in [4.78, 5) is 13.6. The van der Waals surface area contributed by atoms with Crippen LogP contribution in [-0.2, 0) is 9.53 Å². The van der Waals surface area contributed by atoms with E-state index in [0.29, 0.717) is 12.8 Å². The van der Waals surface area contributed by atoms with E-state index in [4.69, 9.17) is 0 Å². The van der Waals surface area contributed by atoms with Crippen molar-refractivity contribution < 1.29 is 14.6 Å². The summed E-state index contributed by atoms with van der Waals surface area (Å²) < 4.78 is 4.61. The number of methoxy groups -OCH3 is 1. The van der Waals surface area contributed by atoms with Crippen LogP contribution in [0, 0.1) is 0 Å². The van der Waals surface area contributed by atoms with Crippen LogP contribution in [0.5, 0.6) is 0 Å². The van der Waals surface area contributed by atoms with Gasteiger partial charge in [-0.05, 0) is 33.6 Å². The lowest BCUT2D eigenvalue weighted by molar-refractivity contribution is -0.168. The van der Waals surface area contributed by atoms with Gasteiger partial charge in [0.25, 0.3) is 0 Å². The number of likely N-dealkylation sites (tertiary alicyclic amines) is 1. The number of piperidine rings is 1. The zero-order valence-corrected chi connectivity index (χ0v) is 10.0. The molecule has 0 aromatic heterocycles. The van der Waals surface area contributed by atoms with Gasteiger partial charge in [0.2, 0.25) is 0 Å². The fourth-order valence-corrected chi connectivity index (χ4v) is 1.94. The summed E-state index contributed by atoms with van der Waals surface area (Å²) in [5.74, 6) is -0.504.